The van der Waals surface area contributed by atoms with Crippen molar-refractivity contribution < 1.29 is 16.2 Å². The van der Waals surface area contributed by atoms with Crippen LogP contribution in [0.5, 0.6) is 0 Å². The molecule has 6 nitrogen and oxygen atoms in total. The van der Waals surface area contributed by atoms with E-state index in [1.165, 1.54) is 16.5 Å². The van der Waals surface area contributed by atoms with Crippen LogP contribution in [0.1, 0.15) is 81.8 Å². The number of aromatic nitrogens is 5. The van der Waals surface area contributed by atoms with E-state index in [-0.39, 0.29) is 40.6 Å². The molecule has 0 saturated heterocycles. The fourth-order valence-corrected chi connectivity index (χ4v) is 10.9. The van der Waals surface area contributed by atoms with E-state index in [0.29, 0.717) is 31.0 Å². The number of fused-ring (bicyclic) bond motifs is 5. The molecule has 0 N–H and O–H groups in total. The SMILES string of the molecule is [2H]c1c([2H])c([2H])c(-c2cc(-c3cccc(-c4cccc(-c5ccc(C(C)(C)C)cc5)c4)c3-[n+]3[c-]n(-c4cc(Cc5ccc6c7ccccc7n(-c7cc8c(cn7)COC8)c6c5)ccn4)c4ccccc43)cc(C(C)(C)C)c2)c([2H])c1[2H]. The van der Waals surface area contributed by atoms with Gasteiger partial charge in [0.05, 0.1) is 47.8 Å². The van der Waals surface area contributed by atoms with Crippen molar-refractivity contribution in [1.82, 2.24) is 19.1 Å². The first-order valence-corrected chi connectivity index (χ1v) is 26.0. The van der Waals surface area contributed by atoms with Gasteiger partial charge in [0.25, 0.3) is 6.33 Å². The second-order valence-corrected chi connectivity index (χ2v) is 22.1. The van der Waals surface area contributed by atoms with Crippen LogP contribution in [0.4, 0.5) is 0 Å². The topological polar surface area (TPSA) is 48.8 Å². The van der Waals surface area contributed by atoms with Gasteiger partial charge < -0.3 is 4.74 Å². The quantitative estimate of drug-likeness (QED) is 0.107. The second-order valence-electron chi connectivity index (χ2n) is 22.1. The minimum Gasteiger partial charge on any atom is -0.372 e. The Kier molecular flexibility index (Phi) is 10.2. The summed E-state index contributed by atoms with van der Waals surface area (Å²) in [5.74, 6) is 1.58. The lowest BCUT2D eigenvalue weighted by Gasteiger charge is -2.23. The Hall–Kier alpha value is -8.71. The summed E-state index contributed by atoms with van der Waals surface area (Å²) < 4.78 is 56.2. The van der Waals surface area contributed by atoms with Gasteiger partial charge in [-0.1, -0.05) is 199 Å². The van der Waals surface area contributed by atoms with E-state index in [9.17, 15) is 0 Å². The van der Waals surface area contributed by atoms with Gasteiger partial charge in [-0.3, -0.25) is 18.7 Å². The molecular weight excluding hydrogens is 927 g/mol. The van der Waals surface area contributed by atoms with Crippen LogP contribution in [-0.4, -0.2) is 19.1 Å². The maximum Gasteiger partial charge on any atom is 0.271 e. The number of benzene rings is 8. The van der Waals surface area contributed by atoms with Crippen molar-refractivity contribution in [2.24, 2.45) is 0 Å². The van der Waals surface area contributed by atoms with E-state index in [1.807, 2.05) is 41.2 Å². The highest BCUT2D eigenvalue weighted by Crippen LogP contribution is 2.40. The zero-order chi connectivity index (χ0) is 56.1. The fourth-order valence-electron chi connectivity index (χ4n) is 10.9. The summed E-state index contributed by atoms with van der Waals surface area (Å²) in [5.41, 5.74) is 17.8. The van der Waals surface area contributed by atoms with Crippen LogP contribution in [0.15, 0.2) is 212 Å². The molecule has 6 heteroatoms. The summed E-state index contributed by atoms with van der Waals surface area (Å²) in [6.45, 7) is 14.3. The molecule has 1 aliphatic heterocycles. The summed E-state index contributed by atoms with van der Waals surface area (Å²) in [6, 6.07) is 58.3. The first kappa shape index (κ1) is 41.6. The van der Waals surface area contributed by atoms with Crippen molar-refractivity contribution in [2.45, 2.75) is 72.0 Å². The van der Waals surface area contributed by atoms with Gasteiger partial charge in [0.1, 0.15) is 5.82 Å². The van der Waals surface area contributed by atoms with Crippen molar-refractivity contribution in [2.75, 3.05) is 0 Å². The number of ether oxygens (including phenoxy) is 1. The standard InChI is InChI=1S/C70H59N5O/c1-69(2,3)56-29-27-49(28-30-56)50-18-14-19-51(37-50)58-21-15-22-59(53-38-52(48-16-8-7-9-17-48)39-57(40-53)70(4,5)6)68(58)74-45-73(63-24-12-13-25-64(63)74)66-36-47(32-33-71-66)34-46-26-31-61-60-20-10-11-23-62(60)75(65(61)35-46)67-41-54-43-76-44-55(54)42-72-67/h7-33,35-42H,34,43-44H2,1-6H3/i7D,8D,9D,16D,17D. The lowest BCUT2D eigenvalue weighted by atomic mass is 9.82. The molecule has 0 saturated carbocycles. The molecule has 0 aliphatic carbocycles. The Morgan fingerprint density at radius 1 is 0.526 bits per heavy atom. The number of rotatable bonds is 9. The number of imidazole rings is 1. The van der Waals surface area contributed by atoms with E-state index >= 15 is 0 Å². The van der Waals surface area contributed by atoms with E-state index in [2.05, 4.69) is 203 Å². The lowest BCUT2D eigenvalue weighted by molar-refractivity contribution is -0.571. The van der Waals surface area contributed by atoms with Crippen LogP contribution in [0, 0.1) is 6.33 Å². The van der Waals surface area contributed by atoms with Crippen LogP contribution in [0.3, 0.4) is 0 Å². The highest BCUT2D eigenvalue weighted by Gasteiger charge is 2.24. The number of hydrogen-bond donors (Lipinski definition) is 0. The van der Waals surface area contributed by atoms with Gasteiger partial charge in [0.15, 0.2) is 5.82 Å². The molecule has 0 unspecified atom stereocenters. The van der Waals surface area contributed by atoms with Gasteiger partial charge in [0.2, 0.25) is 0 Å². The highest BCUT2D eigenvalue weighted by molar-refractivity contribution is 6.09. The van der Waals surface area contributed by atoms with Crippen molar-refractivity contribution in [1.29, 1.82) is 0 Å². The van der Waals surface area contributed by atoms with Crippen LogP contribution >= 0.6 is 0 Å². The predicted molar refractivity (Wildman–Crippen MR) is 310 cm³/mol. The highest BCUT2D eigenvalue weighted by atomic mass is 16.5. The van der Waals surface area contributed by atoms with Gasteiger partial charge in [-0.05, 0) is 132 Å². The van der Waals surface area contributed by atoms with Gasteiger partial charge in [-0.25, -0.2) is 4.98 Å². The fraction of sp³-hybridized carbons (Fsp3) is 0.157. The first-order valence-electron chi connectivity index (χ1n) is 28.5. The Balaban J connectivity index is 0.976. The lowest BCUT2D eigenvalue weighted by Crippen LogP contribution is -2.31. The summed E-state index contributed by atoms with van der Waals surface area (Å²) in [7, 11) is 0. The average Bonchev–Trinajstić information content (AvgIpc) is 4.29. The maximum atomic E-state index is 9.10. The first-order chi connectivity index (χ1) is 39.0. The van der Waals surface area contributed by atoms with Gasteiger partial charge in [0, 0.05) is 28.7 Å². The van der Waals surface area contributed by atoms with Crippen LogP contribution in [-0.2, 0) is 35.2 Å². The smallest absolute Gasteiger partial charge is 0.271 e. The molecule has 370 valence electrons. The van der Waals surface area contributed by atoms with Gasteiger partial charge in [-0.2, -0.15) is 0 Å². The maximum absolute atomic E-state index is 9.10. The number of nitrogens with zero attached hydrogens (tertiary/aromatic N) is 5. The molecule has 0 bridgehead atoms. The van der Waals surface area contributed by atoms with Crippen molar-refractivity contribution >= 4 is 32.8 Å². The molecule has 12 aromatic rings. The molecule has 5 heterocycles. The van der Waals surface area contributed by atoms with E-state index in [4.69, 9.17) is 21.6 Å². The normalized spacial score (nSPS) is 13.7. The molecule has 76 heavy (non-hydrogen) atoms. The minimum absolute atomic E-state index is 0.0161. The average molecular weight is 991 g/mol. The van der Waals surface area contributed by atoms with Crippen molar-refractivity contribution in [3.8, 4) is 61.8 Å². The number of para-hydroxylation sites is 4. The predicted octanol–water partition coefficient (Wildman–Crippen LogP) is 16.5. The van der Waals surface area contributed by atoms with Crippen LogP contribution in [0.25, 0.3) is 94.7 Å². The molecule has 8 aromatic carbocycles. The minimum atomic E-state index is -0.423. The van der Waals surface area contributed by atoms with Crippen molar-refractivity contribution in [3.63, 3.8) is 0 Å². The molecule has 0 radical (unpaired) electrons. The molecule has 1 aliphatic rings. The third-order valence-corrected chi connectivity index (χ3v) is 15.0. The summed E-state index contributed by atoms with van der Waals surface area (Å²) in [5, 5.41) is 2.34. The summed E-state index contributed by atoms with van der Waals surface area (Å²) >= 11 is 0. The molecule has 0 atom stereocenters. The summed E-state index contributed by atoms with van der Waals surface area (Å²) in [6.07, 6.45) is 8.31. The molecule has 0 fully saturated rings. The Morgan fingerprint density at radius 2 is 1.21 bits per heavy atom. The number of hydrogen-bond acceptors (Lipinski definition) is 3. The zero-order valence-electron chi connectivity index (χ0n) is 48.6. The van der Waals surface area contributed by atoms with Crippen molar-refractivity contribution in [3.05, 3.63) is 252 Å². The second kappa shape index (κ2) is 18.6. The van der Waals surface area contributed by atoms with Crippen LogP contribution < -0.4 is 4.57 Å². The van der Waals surface area contributed by atoms with E-state index in [1.54, 1.807) is 0 Å². The number of pyridine rings is 2. The third kappa shape index (κ3) is 8.59. The van der Waals surface area contributed by atoms with Crippen LogP contribution in [0.2, 0.25) is 0 Å². The Labute approximate surface area is 452 Å². The Bertz CT molecular complexity index is 4480. The molecule has 0 amide bonds. The summed E-state index contributed by atoms with van der Waals surface area (Å²) in [4.78, 5) is 9.98. The Morgan fingerprint density at radius 3 is 2.03 bits per heavy atom. The van der Waals surface area contributed by atoms with Gasteiger partial charge >= 0.3 is 0 Å². The zero-order valence-corrected chi connectivity index (χ0v) is 43.6. The molecule has 13 rings (SSSR count). The molecular formula is C70H59N5O. The van der Waals surface area contributed by atoms with E-state index in [0.717, 1.165) is 94.6 Å². The third-order valence-electron chi connectivity index (χ3n) is 15.0. The van der Waals surface area contributed by atoms with Gasteiger partial charge in [-0.15, -0.1) is 0 Å². The van der Waals surface area contributed by atoms with E-state index < -0.39 is 6.04 Å². The largest absolute Gasteiger partial charge is 0.372 e. The molecule has 0 spiro atoms. The molecule has 4 aromatic heterocycles. The monoisotopic (exact) mass is 991 g/mol.